The quantitative estimate of drug-likeness (QED) is 0.388. The van der Waals surface area contributed by atoms with E-state index in [9.17, 15) is 19.2 Å². The van der Waals surface area contributed by atoms with E-state index >= 15 is 0 Å². The van der Waals surface area contributed by atoms with Crippen molar-refractivity contribution in [2.45, 2.75) is 31.8 Å². The van der Waals surface area contributed by atoms with Crippen LogP contribution in [0.25, 0.3) is 0 Å². The number of carbonyl (C=O) groups is 4. The van der Waals surface area contributed by atoms with Gasteiger partial charge in [-0.25, -0.2) is 4.79 Å². The molecule has 0 bridgehead atoms. The molecule has 1 heterocycles. The summed E-state index contributed by atoms with van der Waals surface area (Å²) in [6, 6.07) is 24.5. The Morgan fingerprint density at radius 1 is 0.914 bits per heavy atom. The summed E-state index contributed by atoms with van der Waals surface area (Å²) in [5, 5.41) is 5.67. The van der Waals surface area contributed by atoms with Crippen LogP contribution in [0.15, 0.2) is 84.9 Å². The van der Waals surface area contributed by atoms with E-state index in [1.54, 1.807) is 36.4 Å². The molecular weight excluding hydrogens is 442 g/mol. The molecule has 0 aromatic heterocycles. The summed E-state index contributed by atoms with van der Waals surface area (Å²) >= 11 is 0. The number of hydrogen-bond donors (Lipinski definition) is 2. The van der Waals surface area contributed by atoms with Crippen molar-refractivity contribution >= 4 is 23.6 Å². The minimum Gasteiger partial charge on any atom is -0.350 e. The zero-order valence-corrected chi connectivity index (χ0v) is 19.7. The fourth-order valence-corrected chi connectivity index (χ4v) is 4.39. The molecule has 1 fully saturated rings. The Morgan fingerprint density at radius 3 is 2.11 bits per heavy atom. The molecule has 1 aliphatic rings. The van der Waals surface area contributed by atoms with Crippen molar-refractivity contribution in [3.8, 4) is 0 Å². The molecule has 0 aliphatic carbocycles. The van der Waals surface area contributed by atoms with Crippen LogP contribution < -0.4 is 10.6 Å². The van der Waals surface area contributed by atoms with Gasteiger partial charge in [-0.05, 0) is 23.6 Å². The van der Waals surface area contributed by atoms with E-state index in [0.717, 1.165) is 16.0 Å². The third kappa shape index (κ3) is 4.99. The maximum Gasteiger partial charge on any atom is 0.325 e. The molecule has 7 nitrogen and oxygen atoms in total. The maximum atomic E-state index is 13.7. The van der Waals surface area contributed by atoms with E-state index in [0.29, 0.717) is 11.1 Å². The van der Waals surface area contributed by atoms with Crippen LogP contribution in [-0.2, 0) is 21.5 Å². The monoisotopic (exact) mass is 469 g/mol. The number of Topliss-reactive ketones (excluding diaryl/α,β-unsaturated/α-hetero) is 1. The zero-order valence-electron chi connectivity index (χ0n) is 19.7. The van der Waals surface area contributed by atoms with Crippen LogP contribution in [0.5, 0.6) is 0 Å². The minimum absolute atomic E-state index is 0.145. The average molecular weight is 470 g/mol. The fraction of sp³-hybridized carbons (Fsp3) is 0.214. The van der Waals surface area contributed by atoms with Crippen LogP contribution in [0, 0.1) is 0 Å². The molecule has 0 unspecified atom stereocenters. The molecule has 178 valence electrons. The molecule has 35 heavy (non-hydrogen) atoms. The molecule has 0 radical (unpaired) electrons. The average Bonchev–Trinajstić information content (AvgIpc) is 3.09. The molecule has 0 saturated carbocycles. The lowest BCUT2D eigenvalue weighted by molar-refractivity contribution is -0.131. The van der Waals surface area contributed by atoms with Gasteiger partial charge in [-0.3, -0.25) is 19.3 Å². The van der Waals surface area contributed by atoms with Gasteiger partial charge in [0.25, 0.3) is 5.91 Å². The predicted molar refractivity (Wildman–Crippen MR) is 132 cm³/mol. The number of carbonyl (C=O) groups excluding carboxylic acids is 4. The van der Waals surface area contributed by atoms with Crippen molar-refractivity contribution in [2.75, 3.05) is 6.54 Å². The van der Waals surface area contributed by atoms with E-state index in [-0.39, 0.29) is 30.7 Å². The Bertz CT molecular complexity index is 1240. The first-order valence-electron chi connectivity index (χ1n) is 11.4. The smallest absolute Gasteiger partial charge is 0.325 e. The van der Waals surface area contributed by atoms with Gasteiger partial charge in [0.2, 0.25) is 5.91 Å². The van der Waals surface area contributed by atoms with Crippen LogP contribution in [0.4, 0.5) is 4.79 Å². The Labute approximate surface area is 204 Å². The molecular formula is C28H27N3O4. The lowest BCUT2D eigenvalue weighted by Gasteiger charge is -2.27. The van der Waals surface area contributed by atoms with Crippen LogP contribution >= 0.6 is 0 Å². The van der Waals surface area contributed by atoms with Crippen LogP contribution in [0.3, 0.4) is 0 Å². The van der Waals surface area contributed by atoms with Crippen molar-refractivity contribution in [2.24, 2.45) is 0 Å². The number of rotatable bonds is 8. The lowest BCUT2D eigenvalue weighted by atomic mass is 9.83. The van der Waals surface area contributed by atoms with Crippen molar-refractivity contribution < 1.29 is 19.2 Å². The number of urea groups is 1. The van der Waals surface area contributed by atoms with Gasteiger partial charge >= 0.3 is 6.03 Å². The first-order valence-corrected chi connectivity index (χ1v) is 11.4. The third-order valence-corrected chi connectivity index (χ3v) is 6.21. The zero-order chi connectivity index (χ0) is 25.0. The van der Waals surface area contributed by atoms with Gasteiger partial charge in [0, 0.05) is 18.9 Å². The Balaban J connectivity index is 1.57. The minimum atomic E-state index is -1.29. The number of benzene rings is 3. The number of nitrogens with one attached hydrogen (secondary N) is 2. The van der Waals surface area contributed by atoms with Gasteiger partial charge in [0.05, 0.1) is 12.6 Å². The number of nitrogens with zero attached hydrogens (tertiary/aromatic N) is 1. The van der Waals surface area contributed by atoms with Crippen molar-refractivity contribution in [3.63, 3.8) is 0 Å². The summed E-state index contributed by atoms with van der Waals surface area (Å²) in [6.07, 6.45) is 0.267. The van der Waals surface area contributed by atoms with Gasteiger partial charge in [-0.2, -0.15) is 0 Å². The van der Waals surface area contributed by atoms with E-state index in [1.807, 2.05) is 55.5 Å². The van der Waals surface area contributed by atoms with Gasteiger partial charge in [0.1, 0.15) is 0 Å². The summed E-state index contributed by atoms with van der Waals surface area (Å²) in [7, 11) is 0. The molecule has 7 heteroatoms. The molecule has 1 aliphatic heterocycles. The first-order chi connectivity index (χ1) is 16.8. The number of hydrogen-bond acceptors (Lipinski definition) is 4. The molecule has 2 atom stereocenters. The summed E-state index contributed by atoms with van der Waals surface area (Å²) in [5.74, 6) is -0.953. The molecule has 2 N–H and O–H groups in total. The Hall–Kier alpha value is -4.26. The van der Waals surface area contributed by atoms with Crippen molar-refractivity contribution in [3.05, 3.63) is 107 Å². The largest absolute Gasteiger partial charge is 0.350 e. The van der Waals surface area contributed by atoms with E-state index in [4.69, 9.17) is 0 Å². The topological polar surface area (TPSA) is 95.6 Å². The van der Waals surface area contributed by atoms with Crippen molar-refractivity contribution in [1.82, 2.24) is 15.5 Å². The molecule has 4 rings (SSSR count). The van der Waals surface area contributed by atoms with E-state index in [1.165, 1.54) is 6.92 Å². The number of amides is 4. The van der Waals surface area contributed by atoms with Crippen LogP contribution in [0.1, 0.15) is 46.9 Å². The van der Waals surface area contributed by atoms with Gasteiger partial charge in [-0.1, -0.05) is 84.9 Å². The fourth-order valence-electron chi connectivity index (χ4n) is 4.39. The van der Waals surface area contributed by atoms with E-state index < -0.39 is 17.5 Å². The second kappa shape index (κ2) is 9.93. The molecule has 1 saturated heterocycles. The predicted octanol–water partition coefficient (Wildman–Crippen LogP) is 3.76. The molecule has 3 aromatic rings. The lowest BCUT2D eigenvalue weighted by Crippen LogP contribution is -2.46. The highest BCUT2D eigenvalue weighted by Gasteiger charge is 2.52. The highest BCUT2D eigenvalue weighted by molar-refractivity contribution is 6.11. The summed E-state index contributed by atoms with van der Waals surface area (Å²) in [6.45, 7) is 2.93. The Kier molecular flexibility index (Phi) is 6.78. The highest BCUT2D eigenvalue weighted by Crippen LogP contribution is 2.33. The molecule has 3 aromatic carbocycles. The number of ketones is 1. The molecule has 0 spiro atoms. The SMILES string of the molecule is CC(=O)N[C@H](C)c1ccc(C(=O)CN2C(=O)N[C@](Cc3ccccc3)(c3ccccc3)C2=O)cc1. The van der Waals surface area contributed by atoms with Gasteiger partial charge in [-0.15, -0.1) is 0 Å². The second-order valence-electron chi connectivity index (χ2n) is 8.72. The first kappa shape index (κ1) is 23.9. The normalized spacial score (nSPS) is 18.2. The third-order valence-electron chi connectivity index (χ3n) is 6.21. The van der Waals surface area contributed by atoms with Crippen LogP contribution in [-0.4, -0.2) is 35.1 Å². The van der Waals surface area contributed by atoms with Crippen molar-refractivity contribution in [1.29, 1.82) is 0 Å². The van der Waals surface area contributed by atoms with E-state index in [2.05, 4.69) is 10.6 Å². The summed E-state index contributed by atoms with van der Waals surface area (Å²) < 4.78 is 0. The second-order valence-corrected chi connectivity index (χ2v) is 8.72. The number of imide groups is 1. The maximum absolute atomic E-state index is 13.7. The summed E-state index contributed by atoms with van der Waals surface area (Å²) in [5.41, 5.74) is 1.48. The standard InChI is InChI=1S/C28H27N3O4/c1-19(29-20(2)32)22-13-15-23(16-14-22)25(33)18-31-26(34)28(30-27(31)35,24-11-7-4-8-12-24)17-21-9-5-3-6-10-21/h3-16,19H,17-18H2,1-2H3,(H,29,32)(H,30,35)/t19-,28-/m1/s1. The highest BCUT2D eigenvalue weighted by atomic mass is 16.2. The van der Waals surface area contributed by atoms with Crippen LogP contribution in [0.2, 0.25) is 0 Å². The summed E-state index contributed by atoms with van der Waals surface area (Å²) in [4.78, 5) is 52.0. The van der Waals surface area contributed by atoms with Gasteiger partial charge in [0.15, 0.2) is 11.3 Å². The molecule has 4 amide bonds. The Morgan fingerprint density at radius 2 is 1.51 bits per heavy atom. The van der Waals surface area contributed by atoms with Gasteiger partial charge < -0.3 is 10.6 Å².